The highest BCUT2D eigenvalue weighted by atomic mass is 32.2. The summed E-state index contributed by atoms with van der Waals surface area (Å²) in [5.74, 6) is -0.406. The normalized spacial score (nSPS) is 12.1. The Bertz CT molecular complexity index is 727. The highest BCUT2D eigenvalue weighted by Gasteiger charge is 2.07. The van der Waals surface area contributed by atoms with Gasteiger partial charge < -0.3 is 4.42 Å². The molecule has 1 heterocycles. The lowest BCUT2D eigenvalue weighted by Crippen LogP contribution is -2.24. The first kappa shape index (κ1) is 12.8. The highest BCUT2D eigenvalue weighted by molar-refractivity contribution is 7.88. The van der Waals surface area contributed by atoms with Crippen molar-refractivity contribution in [3.05, 3.63) is 34.3 Å². The molecule has 1 aromatic carbocycles. The molecule has 0 aliphatic rings. The molecule has 7 heteroatoms. The lowest BCUT2D eigenvalue weighted by molar-refractivity contribution is 0.528. The zero-order valence-electron chi connectivity index (χ0n) is 10.1. The Morgan fingerprint density at radius 1 is 1.39 bits per heavy atom. The molecule has 1 N–H and O–H groups in total. The van der Waals surface area contributed by atoms with Crippen molar-refractivity contribution in [1.29, 1.82) is 0 Å². The number of fused-ring (bicyclic) bond motifs is 1. The van der Waals surface area contributed by atoms with Crippen LogP contribution in [0.3, 0.4) is 0 Å². The van der Waals surface area contributed by atoms with E-state index in [1.54, 1.807) is 13.1 Å². The lowest BCUT2D eigenvalue weighted by atomic mass is 10.1. The van der Waals surface area contributed by atoms with Crippen LogP contribution < -0.4 is 10.5 Å². The smallest absolute Gasteiger partial charge is 0.408 e. The number of aromatic nitrogens is 1. The molecule has 18 heavy (non-hydrogen) atoms. The van der Waals surface area contributed by atoms with E-state index in [0.29, 0.717) is 24.1 Å². The second-order valence-electron chi connectivity index (χ2n) is 4.15. The minimum atomic E-state index is -3.16. The lowest BCUT2D eigenvalue weighted by Gasteiger charge is -2.03. The van der Waals surface area contributed by atoms with Crippen molar-refractivity contribution in [3.8, 4) is 0 Å². The molecule has 0 spiro atoms. The average molecular weight is 270 g/mol. The SMILES string of the molecule is Cn1c(=O)oc2ccc(CCNS(C)(=O)=O)cc21. The van der Waals surface area contributed by atoms with Gasteiger partial charge in [0.15, 0.2) is 5.58 Å². The number of nitrogens with zero attached hydrogens (tertiary/aromatic N) is 1. The molecule has 0 fully saturated rings. The molecular weight excluding hydrogens is 256 g/mol. The number of sulfonamides is 1. The molecule has 0 radical (unpaired) electrons. The molecule has 0 aliphatic heterocycles. The van der Waals surface area contributed by atoms with E-state index in [2.05, 4.69) is 4.72 Å². The van der Waals surface area contributed by atoms with E-state index < -0.39 is 15.8 Å². The van der Waals surface area contributed by atoms with Crippen LogP contribution in [0.5, 0.6) is 0 Å². The highest BCUT2D eigenvalue weighted by Crippen LogP contribution is 2.14. The van der Waals surface area contributed by atoms with E-state index in [1.807, 2.05) is 12.1 Å². The quantitative estimate of drug-likeness (QED) is 0.862. The van der Waals surface area contributed by atoms with Gasteiger partial charge in [0.2, 0.25) is 10.0 Å². The van der Waals surface area contributed by atoms with Gasteiger partial charge in [-0.15, -0.1) is 0 Å². The van der Waals surface area contributed by atoms with Gasteiger partial charge in [-0.2, -0.15) is 0 Å². The Morgan fingerprint density at radius 3 is 2.78 bits per heavy atom. The van der Waals surface area contributed by atoms with Crippen molar-refractivity contribution in [2.75, 3.05) is 12.8 Å². The summed E-state index contributed by atoms with van der Waals surface area (Å²) in [5, 5.41) is 0. The molecule has 98 valence electrons. The van der Waals surface area contributed by atoms with Gasteiger partial charge in [-0.3, -0.25) is 4.57 Å². The summed E-state index contributed by atoms with van der Waals surface area (Å²) in [6, 6.07) is 5.35. The van der Waals surface area contributed by atoms with Crippen molar-refractivity contribution in [3.63, 3.8) is 0 Å². The summed E-state index contributed by atoms with van der Waals surface area (Å²) in [6.45, 7) is 0.330. The van der Waals surface area contributed by atoms with Gasteiger partial charge in [-0.05, 0) is 24.1 Å². The zero-order chi connectivity index (χ0) is 13.3. The molecule has 2 aromatic rings. The molecule has 0 saturated carbocycles. The van der Waals surface area contributed by atoms with E-state index in [4.69, 9.17) is 4.42 Å². The number of hydrogen-bond donors (Lipinski definition) is 1. The molecule has 0 atom stereocenters. The maximum absolute atomic E-state index is 11.3. The maximum atomic E-state index is 11.3. The topological polar surface area (TPSA) is 81.3 Å². The Labute approximate surface area is 104 Å². The Balaban J connectivity index is 2.20. The number of hydrogen-bond acceptors (Lipinski definition) is 4. The predicted octanol–water partition coefficient (Wildman–Crippen LogP) is 0.223. The van der Waals surface area contributed by atoms with Crippen molar-refractivity contribution < 1.29 is 12.8 Å². The van der Waals surface area contributed by atoms with Gasteiger partial charge in [-0.1, -0.05) is 6.07 Å². The molecule has 2 rings (SSSR count). The van der Waals surface area contributed by atoms with Crippen molar-refractivity contribution in [2.45, 2.75) is 6.42 Å². The van der Waals surface area contributed by atoms with Gasteiger partial charge in [0.25, 0.3) is 0 Å². The summed E-state index contributed by atoms with van der Waals surface area (Å²) >= 11 is 0. The van der Waals surface area contributed by atoms with Crippen molar-refractivity contribution in [1.82, 2.24) is 9.29 Å². The zero-order valence-corrected chi connectivity index (χ0v) is 11.0. The van der Waals surface area contributed by atoms with E-state index in [1.165, 1.54) is 4.57 Å². The van der Waals surface area contributed by atoms with Crippen LogP contribution in [-0.2, 0) is 23.5 Å². The van der Waals surface area contributed by atoms with Gasteiger partial charge in [0.1, 0.15) is 0 Å². The predicted molar refractivity (Wildman–Crippen MR) is 68.0 cm³/mol. The number of oxazole rings is 1. The van der Waals surface area contributed by atoms with E-state index >= 15 is 0 Å². The average Bonchev–Trinajstić information content (AvgIpc) is 2.54. The number of aryl methyl sites for hydroxylation is 1. The minimum Gasteiger partial charge on any atom is -0.408 e. The van der Waals surface area contributed by atoms with Crippen LogP contribution in [0.25, 0.3) is 11.1 Å². The molecule has 0 amide bonds. The fourth-order valence-electron chi connectivity index (χ4n) is 1.71. The van der Waals surface area contributed by atoms with Crippen LogP contribution in [0.4, 0.5) is 0 Å². The van der Waals surface area contributed by atoms with Crippen LogP contribution in [0.2, 0.25) is 0 Å². The molecular formula is C11H14N2O4S. The monoisotopic (exact) mass is 270 g/mol. The Kier molecular flexibility index (Phi) is 3.27. The summed E-state index contributed by atoms with van der Waals surface area (Å²) in [7, 11) is -1.53. The maximum Gasteiger partial charge on any atom is 0.419 e. The molecule has 0 saturated heterocycles. The van der Waals surface area contributed by atoms with E-state index in [0.717, 1.165) is 11.8 Å². The standard InChI is InChI=1S/C11H14N2O4S/c1-13-9-7-8(5-6-12-18(2,15)16)3-4-10(9)17-11(13)14/h3-4,7,12H,5-6H2,1-2H3. The number of benzene rings is 1. The van der Waals surface area contributed by atoms with E-state index in [-0.39, 0.29) is 0 Å². The first-order valence-electron chi connectivity index (χ1n) is 5.40. The molecule has 1 aromatic heterocycles. The molecule has 0 aliphatic carbocycles. The van der Waals surface area contributed by atoms with Crippen LogP contribution in [-0.4, -0.2) is 25.8 Å². The Morgan fingerprint density at radius 2 is 2.11 bits per heavy atom. The second kappa shape index (κ2) is 4.58. The fraction of sp³-hybridized carbons (Fsp3) is 0.364. The number of rotatable bonds is 4. The van der Waals surface area contributed by atoms with Crippen LogP contribution >= 0.6 is 0 Å². The van der Waals surface area contributed by atoms with Gasteiger partial charge in [0, 0.05) is 13.6 Å². The fourth-order valence-corrected chi connectivity index (χ4v) is 2.18. The molecule has 0 bridgehead atoms. The van der Waals surface area contributed by atoms with E-state index in [9.17, 15) is 13.2 Å². The summed E-state index contributed by atoms with van der Waals surface area (Å²) < 4.78 is 30.7. The third-order valence-electron chi connectivity index (χ3n) is 2.63. The van der Waals surface area contributed by atoms with Crippen LogP contribution in [0, 0.1) is 0 Å². The second-order valence-corrected chi connectivity index (χ2v) is 5.98. The van der Waals surface area contributed by atoms with Crippen LogP contribution in [0.15, 0.2) is 27.4 Å². The summed E-state index contributed by atoms with van der Waals surface area (Å²) in [4.78, 5) is 11.3. The largest absolute Gasteiger partial charge is 0.419 e. The van der Waals surface area contributed by atoms with Crippen molar-refractivity contribution in [2.24, 2.45) is 7.05 Å². The minimum absolute atomic E-state index is 0.330. The first-order valence-corrected chi connectivity index (χ1v) is 7.29. The third-order valence-corrected chi connectivity index (χ3v) is 3.36. The van der Waals surface area contributed by atoms with Gasteiger partial charge in [0.05, 0.1) is 11.8 Å². The molecule has 6 nitrogen and oxygen atoms in total. The van der Waals surface area contributed by atoms with Gasteiger partial charge in [-0.25, -0.2) is 17.9 Å². The summed E-state index contributed by atoms with van der Waals surface area (Å²) in [6.07, 6.45) is 1.68. The Hall–Kier alpha value is -1.60. The molecule has 0 unspecified atom stereocenters. The van der Waals surface area contributed by atoms with Crippen molar-refractivity contribution >= 4 is 21.1 Å². The summed E-state index contributed by atoms with van der Waals surface area (Å²) in [5.41, 5.74) is 2.18. The van der Waals surface area contributed by atoms with Crippen LogP contribution in [0.1, 0.15) is 5.56 Å². The van der Waals surface area contributed by atoms with Gasteiger partial charge >= 0.3 is 5.76 Å². The number of nitrogens with one attached hydrogen (secondary N) is 1. The third kappa shape index (κ3) is 2.80. The first-order chi connectivity index (χ1) is 8.37.